The zero-order chi connectivity index (χ0) is 12.8. The summed E-state index contributed by atoms with van der Waals surface area (Å²) in [6, 6.07) is 5.98. The quantitative estimate of drug-likeness (QED) is 0.848. The molecule has 0 saturated heterocycles. The Kier molecular flexibility index (Phi) is 4.36. The van der Waals surface area contributed by atoms with Gasteiger partial charge in [-0.3, -0.25) is 4.98 Å². The lowest BCUT2D eigenvalue weighted by Crippen LogP contribution is -2.24. The van der Waals surface area contributed by atoms with E-state index in [0.29, 0.717) is 0 Å². The number of aromatic nitrogens is 1. The molecular formula is C14H19N3O. The number of pyridine rings is 1. The molecule has 0 fully saturated rings. The van der Waals surface area contributed by atoms with E-state index in [-0.39, 0.29) is 0 Å². The number of hydrogen-bond donors (Lipinski definition) is 1. The van der Waals surface area contributed by atoms with Crippen LogP contribution in [0.5, 0.6) is 0 Å². The number of anilines is 1. The second-order valence-electron chi connectivity index (χ2n) is 4.13. The van der Waals surface area contributed by atoms with Gasteiger partial charge in [0.25, 0.3) is 0 Å². The van der Waals surface area contributed by atoms with E-state index in [9.17, 15) is 0 Å². The van der Waals surface area contributed by atoms with E-state index in [1.165, 1.54) is 11.3 Å². The van der Waals surface area contributed by atoms with Gasteiger partial charge >= 0.3 is 0 Å². The predicted octanol–water partition coefficient (Wildman–Crippen LogP) is 2.42. The molecule has 2 rings (SSSR count). The molecule has 4 heteroatoms. The highest BCUT2D eigenvalue weighted by Gasteiger charge is 2.11. The summed E-state index contributed by atoms with van der Waals surface area (Å²) in [7, 11) is 1.94. The number of nitrogens with zero attached hydrogens (tertiary/aromatic N) is 2. The first-order valence-electron chi connectivity index (χ1n) is 6.20. The summed E-state index contributed by atoms with van der Waals surface area (Å²) in [6.45, 7) is 4.68. The third-order valence-electron chi connectivity index (χ3n) is 2.89. The first kappa shape index (κ1) is 12.6. The Morgan fingerprint density at radius 2 is 2.28 bits per heavy atom. The second kappa shape index (κ2) is 6.21. The Hall–Kier alpha value is -1.81. The molecule has 2 aromatic rings. The highest BCUT2D eigenvalue weighted by molar-refractivity contribution is 5.52. The van der Waals surface area contributed by atoms with Crippen LogP contribution in [-0.2, 0) is 13.1 Å². The topological polar surface area (TPSA) is 41.3 Å². The molecule has 0 aliphatic heterocycles. The number of hydrogen-bond acceptors (Lipinski definition) is 4. The van der Waals surface area contributed by atoms with Crippen LogP contribution in [0.3, 0.4) is 0 Å². The molecule has 0 aliphatic carbocycles. The fourth-order valence-electron chi connectivity index (χ4n) is 2.01. The molecular weight excluding hydrogens is 226 g/mol. The molecule has 0 unspecified atom stereocenters. The van der Waals surface area contributed by atoms with Crippen LogP contribution in [0, 0.1) is 0 Å². The molecule has 0 spiro atoms. The van der Waals surface area contributed by atoms with E-state index < -0.39 is 0 Å². The Morgan fingerprint density at radius 3 is 2.94 bits per heavy atom. The summed E-state index contributed by atoms with van der Waals surface area (Å²) in [5, 5.41) is 3.17. The predicted molar refractivity (Wildman–Crippen MR) is 72.4 cm³/mol. The van der Waals surface area contributed by atoms with Crippen LogP contribution in [0.1, 0.15) is 18.2 Å². The molecule has 0 aromatic carbocycles. The lowest BCUT2D eigenvalue weighted by atomic mass is 10.2. The molecule has 0 radical (unpaired) electrons. The zero-order valence-electron chi connectivity index (χ0n) is 10.9. The number of furan rings is 1. The molecule has 96 valence electrons. The normalized spacial score (nSPS) is 10.6. The van der Waals surface area contributed by atoms with Gasteiger partial charge in [0.1, 0.15) is 5.76 Å². The van der Waals surface area contributed by atoms with Crippen LogP contribution in [-0.4, -0.2) is 18.6 Å². The van der Waals surface area contributed by atoms with E-state index in [2.05, 4.69) is 28.2 Å². The van der Waals surface area contributed by atoms with Crippen molar-refractivity contribution in [2.24, 2.45) is 0 Å². The summed E-state index contributed by atoms with van der Waals surface area (Å²) in [6.07, 6.45) is 5.46. The van der Waals surface area contributed by atoms with Gasteiger partial charge < -0.3 is 14.6 Å². The van der Waals surface area contributed by atoms with Crippen molar-refractivity contribution in [3.05, 3.63) is 48.2 Å². The SMILES string of the molecule is CCN(Cc1ccco1)c1ccncc1CNC. The number of rotatable bonds is 6. The van der Waals surface area contributed by atoms with Crippen LogP contribution >= 0.6 is 0 Å². The van der Waals surface area contributed by atoms with Crippen molar-refractivity contribution in [3.63, 3.8) is 0 Å². The van der Waals surface area contributed by atoms with E-state index in [4.69, 9.17) is 4.42 Å². The minimum Gasteiger partial charge on any atom is -0.467 e. The molecule has 0 aliphatic rings. The van der Waals surface area contributed by atoms with Crippen LogP contribution in [0.25, 0.3) is 0 Å². The van der Waals surface area contributed by atoms with Gasteiger partial charge in [-0.25, -0.2) is 0 Å². The van der Waals surface area contributed by atoms with Crippen molar-refractivity contribution < 1.29 is 4.42 Å². The smallest absolute Gasteiger partial charge is 0.123 e. The van der Waals surface area contributed by atoms with E-state index in [0.717, 1.165) is 25.4 Å². The van der Waals surface area contributed by atoms with Crippen molar-refractivity contribution in [1.29, 1.82) is 0 Å². The van der Waals surface area contributed by atoms with Crippen LogP contribution in [0.2, 0.25) is 0 Å². The van der Waals surface area contributed by atoms with Gasteiger partial charge in [-0.05, 0) is 32.2 Å². The van der Waals surface area contributed by atoms with Crippen molar-refractivity contribution in [2.45, 2.75) is 20.0 Å². The number of nitrogens with one attached hydrogen (secondary N) is 1. The monoisotopic (exact) mass is 245 g/mol. The summed E-state index contributed by atoms with van der Waals surface area (Å²) in [5.74, 6) is 0.976. The standard InChI is InChI=1S/C14H19N3O/c1-3-17(11-13-5-4-8-18-13)14-6-7-16-10-12(14)9-15-2/h4-8,10,15H,3,9,11H2,1-2H3. The Labute approximate surface area is 108 Å². The van der Waals surface area contributed by atoms with Gasteiger partial charge in [-0.1, -0.05) is 0 Å². The van der Waals surface area contributed by atoms with E-state index >= 15 is 0 Å². The fourth-order valence-corrected chi connectivity index (χ4v) is 2.01. The van der Waals surface area contributed by atoms with Gasteiger partial charge in [0.05, 0.1) is 12.8 Å². The van der Waals surface area contributed by atoms with Crippen LogP contribution < -0.4 is 10.2 Å². The van der Waals surface area contributed by atoms with Crippen LogP contribution in [0.15, 0.2) is 41.3 Å². The maximum absolute atomic E-state index is 5.41. The lowest BCUT2D eigenvalue weighted by Gasteiger charge is -2.24. The maximum atomic E-state index is 5.41. The summed E-state index contributed by atoms with van der Waals surface area (Å²) >= 11 is 0. The minimum atomic E-state index is 0.782. The third-order valence-corrected chi connectivity index (χ3v) is 2.89. The Morgan fingerprint density at radius 1 is 1.39 bits per heavy atom. The molecule has 0 atom stereocenters. The van der Waals surface area contributed by atoms with E-state index in [1.54, 1.807) is 6.26 Å². The minimum absolute atomic E-state index is 0.782. The third kappa shape index (κ3) is 2.90. The Bertz CT molecular complexity index is 468. The maximum Gasteiger partial charge on any atom is 0.123 e. The largest absolute Gasteiger partial charge is 0.467 e. The van der Waals surface area contributed by atoms with Crippen LogP contribution in [0.4, 0.5) is 5.69 Å². The Balaban J connectivity index is 2.21. The average Bonchev–Trinajstić information content (AvgIpc) is 2.90. The van der Waals surface area contributed by atoms with Crippen molar-refractivity contribution >= 4 is 5.69 Å². The van der Waals surface area contributed by atoms with Gasteiger partial charge in [0.2, 0.25) is 0 Å². The molecule has 0 bridgehead atoms. The highest BCUT2D eigenvalue weighted by Crippen LogP contribution is 2.21. The molecule has 0 amide bonds. The average molecular weight is 245 g/mol. The van der Waals surface area contributed by atoms with Gasteiger partial charge in [-0.15, -0.1) is 0 Å². The molecule has 4 nitrogen and oxygen atoms in total. The van der Waals surface area contributed by atoms with Gasteiger partial charge in [0, 0.05) is 36.7 Å². The highest BCUT2D eigenvalue weighted by atomic mass is 16.3. The summed E-state index contributed by atoms with van der Waals surface area (Å²) in [5.41, 5.74) is 2.41. The lowest BCUT2D eigenvalue weighted by molar-refractivity contribution is 0.503. The van der Waals surface area contributed by atoms with Crippen molar-refractivity contribution in [3.8, 4) is 0 Å². The summed E-state index contributed by atoms with van der Waals surface area (Å²) < 4.78 is 5.41. The molecule has 2 aromatic heterocycles. The molecule has 2 heterocycles. The summed E-state index contributed by atoms with van der Waals surface area (Å²) in [4.78, 5) is 6.47. The first-order valence-corrected chi connectivity index (χ1v) is 6.20. The molecule has 18 heavy (non-hydrogen) atoms. The molecule has 1 N–H and O–H groups in total. The zero-order valence-corrected chi connectivity index (χ0v) is 10.9. The van der Waals surface area contributed by atoms with Crippen molar-refractivity contribution in [1.82, 2.24) is 10.3 Å². The first-order chi connectivity index (χ1) is 8.85. The van der Waals surface area contributed by atoms with Gasteiger partial charge in [0.15, 0.2) is 0 Å². The van der Waals surface area contributed by atoms with Gasteiger partial charge in [-0.2, -0.15) is 0 Å². The fraction of sp³-hybridized carbons (Fsp3) is 0.357. The van der Waals surface area contributed by atoms with E-state index in [1.807, 2.05) is 31.6 Å². The van der Waals surface area contributed by atoms with Crippen molar-refractivity contribution in [2.75, 3.05) is 18.5 Å². The molecule has 0 saturated carbocycles. The second-order valence-corrected chi connectivity index (χ2v) is 4.13.